The molecular weight excluding hydrogens is 294 g/mol. The summed E-state index contributed by atoms with van der Waals surface area (Å²) in [5.74, 6) is 0.561. The molecule has 0 fully saturated rings. The summed E-state index contributed by atoms with van der Waals surface area (Å²) in [5.41, 5.74) is 1.48. The molecule has 0 aliphatic rings. The van der Waals surface area contributed by atoms with E-state index in [1.807, 2.05) is 24.3 Å². The molecule has 0 radical (unpaired) electrons. The van der Waals surface area contributed by atoms with Crippen LogP contribution >= 0.6 is 0 Å². The Labute approximate surface area is 135 Å². The Bertz CT molecular complexity index is 740. The Morgan fingerprint density at radius 1 is 1.35 bits per heavy atom. The molecule has 0 saturated carbocycles. The number of methoxy groups -OCH3 is 1. The van der Waals surface area contributed by atoms with Crippen molar-refractivity contribution in [2.75, 3.05) is 13.7 Å². The number of benzene rings is 1. The smallest absolute Gasteiger partial charge is 0.267 e. The highest BCUT2D eigenvalue weighted by atomic mass is 16.5. The number of amides is 1. The van der Waals surface area contributed by atoms with Crippen molar-refractivity contribution in [2.24, 2.45) is 0 Å². The van der Waals surface area contributed by atoms with Crippen LogP contribution in [0.4, 0.5) is 0 Å². The van der Waals surface area contributed by atoms with Gasteiger partial charge in [0.25, 0.3) is 5.56 Å². The van der Waals surface area contributed by atoms with Crippen molar-refractivity contribution in [3.63, 3.8) is 0 Å². The molecule has 6 heteroatoms. The SMILES string of the molecule is COc1cccc(CCNC(=O)C(C)n2nc(C)ccc2=O)c1. The first kappa shape index (κ1) is 16.7. The van der Waals surface area contributed by atoms with Crippen LogP contribution in [0.15, 0.2) is 41.2 Å². The highest BCUT2D eigenvalue weighted by Crippen LogP contribution is 2.12. The maximum absolute atomic E-state index is 12.2. The molecule has 1 heterocycles. The zero-order valence-electron chi connectivity index (χ0n) is 13.6. The van der Waals surface area contributed by atoms with Gasteiger partial charge in [0.15, 0.2) is 0 Å². The summed E-state index contributed by atoms with van der Waals surface area (Å²) in [6.07, 6.45) is 0.686. The lowest BCUT2D eigenvalue weighted by atomic mass is 10.1. The Balaban J connectivity index is 1.93. The van der Waals surface area contributed by atoms with Crippen LogP contribution in [0.1, 0.15) is 24.2 Å². The van der Waals surface area contributed by atoms with Crippen molar-refractivity contribution in [1.82, 2.24) is 15.1 Å². The van der Waals surface area contributed by atoms with Crippen LogP contribution in [0.3, 0.4) is 0 Å². The summed E-state index contributed by atoms with van der Waals surface area (Å²) in [5, 5.41) is 6.94. The lowest BCUT2D eigenvalue weighted by Gasteiger charge is -2.14. The molecule has 2 rings (SSSR count). The van der Waals surface area contributed by atoms with Crippen molar-refractivity contribution < 1.29 is 9.53 Å². The quantitative estimate of drug-likeness (QED) is 0.876. The monoisotopic (exact) mass is 315 g/mol. The van der Waals surface area contributed by atoms with E-state index in [0.29, 0.717) is 18.7 Å². The van der Waals surface area contributed by atoms with E-state index in [0.717, 1.165) is 11.3 Å². The van der Waals surface area contributed by atoms with Crippen molar-refractivity contribution >= 4 is 5.91 Å². The average Bonchev–Trinajstić information content (AvgIpc) is 2.56. The van der Waals surface area contributed by atoms with Gasteiger partial charge in [0.05, 0.1) is 12.8 Å². The minimum Gasteiger partial charge on any atom is -0.497 e. The zero-order valence-corrected chi connectivity index (χ0v) is 13.6. The number of carbonyl (C=O) groups is 1. The highest BCUT2D eigenvalue weighted by molar-refractivity contribution is 5.79. The molecule has 1 atom stereocenters. The third kappa shape index (κ3) is 4.42. The molecule has 0 saturated heterocycles. The Kier molecular flexibility index (Phi) is 5.51. The molecular formula is C17H21N3O3. The molecule has 0 spiro atoms. The van der Waals surface area contributed by atoms with Gasteiger partial charge in [-0.1, -0.05) is 12.1 Å². The lowest BCUT2D eigenvalue weighted by Crippen LogP contribution is -2.37. The van der Waals surface area contributed by atoms with Gasteiger partial charge in [-0.3, -0.25) is 9.59 Å². The number of rotatable bonds is 6. The molecule has 1 unspecified atom stereocenters. The molecule has 122 valence electrons. The van der Waals surface area contributed by atoms with E-state index in [1.54, 1.807) is 27.0 Å². The van der Waals surface area contributed by atoms with E-state index in [1.165, 1.54) is 10.7 Å². The first-order valence-corrected chi connectivity index (χ1v) is 7.48. The summed E-state index contributed by atoms with van der Waals surface area (Å²) in [7, 11) is 1.62. The van der Waals surface area contributed by atoms with Crippen LogP contribution in [0.25, 0.3) is 0 Å². The third-order valence-corrected chi connectivity index (χ3v) is 3.55. The topological polar surface area (TPSA) is 73.2 Å². The number of carbonyl (C=O) groups excluding carboxylic acids is 1. The van der Waals surface area contributed by atoms with Gasteiger partial charge in [-0.2, -0.15) is 5.10 Å². The van der Waals surface area contributed by atoms with Gasteiger partial charge in [-0.15, -0.1) is 0 Å². The van der Waals surface area contributed by atoms with E-state index in [9.17, 15) is 9.59 Å². The van der Waals surface area contributed by atoms with Crippen LogP contribution in [0, 0.1) is 6.92 Å². The maximum Gasteiger partial charge on any atom is 0.267 e. The number of hydrogen-bond donors (Lipinski definition) is 1. The van der Waals surface area contributed by atoms with E-state index < -0.39 is 6.04 Å². The fraction of sp³-hybridized carbons (Fsp3) is 0.353. The summed E-state index contributed by atoms with van der Waals surface area (Å²) in [6.45, 7) is 3.93. The average molecular weight is 315 g/mol. The summed E-state index contributed by atoms with van der Waals surface area (Å²) >= 11 is 0. The molecule has 0 aliphatic carbocycles. The second kappa shape index (κ2) is 7.58. The number of nitrogens with zero attached hydrogens (tertiary/aromatic N) is 2. The summed E-state index contributed by atoms with van der Waals surface area (Å²) in [6, 6.07) is 10.1. The summed E-state index contributed by atoms with van der Waals surface area (Å²) in [4.78, 5) is 24.0. The Morgan fingerprint density at radius 3 is 2.87 bits per heavy atom. The van der Waals surface area contributed by atoms with Gasteiger partial charge < -0.3 is 10.1 Å². The maximum atomic E-state index is 12.2. The van der Waals surface area contributed by atoms with Crippen molar-refractivity contribution in [1.29, 1.82) is 0 Å². The predicted octanol–water partition coefficient (Wildman–Crippen LogP) is 1.48. The first-order valence-electron chi connectivity index (χ1n) is 7.48. The molecule has 2 aromatic rings. The van der Waals surface area contributed by atoms with Crippen LogP contribution < -0.4 is 15.6 Å². The summed E-state index contributed by atoms with van der Waals surface area (Å²) < 4.78 is 6.37. The number of hydrogen-bond acceptors (Lipinski definition) is 4. The lowest BCUT2D eigenvalue weighted by molar-refractivity contribution is -0.124. The molecule has 1 aromatic heterocycles. The van der Waals surface area contributed by atoms with Crippen LogP contribution in [-0.2, 0) is 11.2 Å². The van der Waals surface area contributed by atoms with Crippen LogP contribution in [0.2, 0.25) is 0 Å². The van der Waals surface area contributed by atoms with E-state index in [4.69, 9.17) is 4.74 Å². The molecule has 23 heavy (non-hydrogen) atoms. The van der Waals surface area contributed by atoms with E-state index in [-0.39, 0.29) is 11.5 Å². The Hall–Kier alpha value is -2.63. The molecule has 1 amide bonds. The molecule has 1 aromatic carbocycles. The third-order valence-electron chi connectivity index (χ3n) is 3.55. The van der Waals surface area contributed by atoms with Gasteiger partial charge in [-0.25, -0.2) is 4.68 Å². The van der Waals surface area contributed by atoms with E-state index >= 15 is 0 Å². The predicted molar refractivity (Wildman–Crippen MR) is 87.7 cm³/mol. The van der Waals surface area contributed by atoms with Gasteiger partial charge in [0.2, 0.25) is 5.91 Å². The van der Waals surface area contributed by atoms with Crippen molar-refractivity contribution in [3.8, 4) is 5.75 Å². The second-order valence-corrected chi connectivity index (χ2v) is 5.33. The normalized spacial score (nSPS) is 11.8. The molecule has 0 bridgehead atoms. The largest absolute Gasteiger partial charge is 0.497 e. The van der Waals surface area contributed by atoms with Crippen LogP contribution in [0.5, 0.6) is 5.75 Å². The highest BCUT2D eigenvalue weighted by Gasteiger charge is 2.16. The van der Waals surface area contributed by atoms with Gasteiger partial charge >= 0.3 is 0 Å². The fourth-order valence-corrected chi connectivity index (χ4v) is 2.22. The second-order valence-electron chi connectivity index (χ2n) is 5.33. The van der Waals surface area contributed by atoms with Gasteiger partial charge in [-0.05, 0) is 44.0 Å². The standard InChI is InChI=1S/C17H21N3O3/c1-12-7-8-16(21)20(19-12)13(2)17(22)18-10-9-14-5-4-6-15(11-14)23-3/h4-8,11,13H,9-10H2,1-3H3,(H,18,22). The van der Waals surface area contributed by atoms with E-state index in [2.05, 4.69) is 10.4 Å². The fourth-order valence-electron chi connectivity index (χ4n) is 2.22. The number of nitrogens with one attached hydrogen (secondary N) is 1. The number of ether oxygens (including phenoxy) is 1. The van der Waals surface area contributed by atoms with Crippen molar-refractivity contribution in [3.05, 3.63) is 58.0 Å². The Morgan fingerprint density at radius 2 is 2.13 bits per heavy atom. The number of aryl methyl sites for hydroxylation is 1. The van der Waals surface area contributed by atoms with Crippen LogP contribution in [-0.4, -0.2) is 29.3 Å². The van der Waals surface area contributed by atoms with Gasteiger partial charge in [0.1, 0.15) is 11.8 Å². The molecule has 0 aliphatic heterocycles. The molecule has 1 N–H and O–H groups in total. The van der Waals surface area contributed by atoms with Crippen molar-refractivity contribution in [2.45, 2.75) is 26.3 Å². The minimum absolute atomic E-state index is 0.229. The first-order chi connectivity index (χ1) is 11.0. The van der Waals surface area contributed by atoms with Gasteiger partial charge in [0, 0.05) is 12.6 Å². The minimum atomic E-state index is -0.646. The number of aromatic nitrogens is 2. The zero-order chi connectivity index (χ0) is 16.8. The molecule has 6 nitrogen and oxygen atoms in total.